The average molecular weight is 422 g/mol. The highest BCUT2D eigenvalue weighted by Gasteiger charge is 2.27. The highest BCUT2D eigenvalue weighted by atomic mass is 35.5. The second-order valence-electron chi connectivity index (χ2n) is 7.39. The summed E-state index contributed by atoms with van der Waals surface area (Å²) in [6.07, 6.45) is 3.25. The van der Waals surface area contributed by atoms with Gasteiger partial charge in [-0.2, -0.15) is 0 Å². The summed E-state index contributed by atoms with van der Waals surface area (Å²) in [7, 11) is 1.98. The van der Waals surface area contributed by atoms with Crippen LogP contribution < -0.4 is 14.8 Å². The summed E-state index contributed by atoms with van der Waals surface area (Å²) in [6, 6.07) is 5.64. The fourth-order valence-corrected chi connectivity index (χ4v) is 3.86. The maximum absolute atomic E-state index is 13.0. The molecule has 0 saturated carbocycles. The Morgan fingerprint density at radius 3 is 2.66 bits per heavy atom. The Labute approximate surface area is 177 Å². The number of hydrogen-bond donors (Lipinski definition) is 1. The van der Waals surface area contributed by atoms with E-state index in [9.17, 15) is 4.79 Å². The maximum atomic E-state index is 13.0. The van der Waals surface area contributed by atoms with Crippen LogP contribution in [0.2, 0.25) is 0 Å². The first-order valence-corrected chi connectivity index (χ1v) is 9.93. The number of aromatic nitrogens is 3. The molecule has 3 heterocycles. The number of carbonyl (C=O) groups excluding carboxylic acids is 1. The van der Waals surface area contributed by atoms with Crippen LogP contribution in [-0.4, -0.2) is 65.7 Å². The van der Waals surface area contributed by atoms with Crippen molar-refractivity contribution in [1.82, 2.24) is 25.2 Å². The van der Waals surface area contributed by atoms with Gasteiger partial charge in [-0.1, -0.05) is 5.21 Å². The van der Waals surface area contributed by atoms with Gasteiger partial charge < -0.3 is 19.7 Å². The van der Waals surface area contributed by atoms with Crippen molar-refractivity contribution in [3.63, 3.8) is 0 Å². The minimum Gasteiger partial charge on any atom is -0.486 e. The third kappa shape index (κ3) is 4.48. The highest BCUT2D eigenvalue weighted by Crippen LogP contribution is 2.32. The van der Waals surface area contributed by atoms with Gasteiger partial charge in [0.25, 0.3) is 5.91 Å². The Balaban J connectivity index is 0.00000240. The summed E-state index contributed by atoms with van der Waals surface area (Å²) in [4.78, 5) is 14.9. The molecule has 1 saturated heterocycles. The fourth-order valence-electron chi connectivity index (χ4n) is 3.86. The molecule has 0 atom stereocenters. The second kappa shape index (κ2) is 9.45. The van der Waals surface area contributed by atoms with Gasteiger partial charge in [0.2, 0.25) is 0 Å². The van der Waals surface area contributed by atoms with Crippen molar-refractivity contribution in [2.24, 2.45) is 5.92 Å². The SMILES string of the molecule is CNCCC1CCN(C(=O)c2nnn(-c3ccc4c(c3)OCCO4)c2C)CC1.Cl. The van der Waals surface area contributed by atoms with E-state index in [0.29, 0.717) is 30.6 Å². The summed E-state index contributed by atoms with van der Waals surface area (Å²) in [5, 5.41) is 11.6. The van der Waals surface area contributed by atoms with Crippen molar-refractivity contribution in [3.05, 3.63) is 29.6 Å². The van der Waals surface area contributed by atoms with Gasteiger partial charge in [0.1, 0.15) is 13.2 Å². The van der Waals surface area contributed by atoms with Crippen molar-refractivity contribution < 1.29 is 14.3 Å². The molecule has 1 fully saturated rings. The lowest BCUT2D eigenvalue weighted by molar-refractivity contribution is 0.0680. The van der Waals surface area contributed by atoms with E-state index in [0.717, 1.165) is 56.0 Å². The number of carbonyl (C=O) groups is 1. The van der Waals surface area contributed by atoms with Crippen molar-refractivity contribution >= 4 is 18.3 Å². The molecular weight excluding hydrogens is 394 g/mol. The first kappa shape index (κ1) is 21.4. The molecule has 1 amide bonds. The Hall–Kier alpha value is -2.32. The molecule has 0 bridgehead atoms. The number of rotatable bonds is 5. The normalized spacial score (nSPS) is 16.4. The Bertz CT molecular complexity index is 849. The molecule has 0 radical (unpaired) electrons. The number of hydrogen-bond acceptors (Lipinski definition) is 6. The van der Waals surface area contributed by atoms with Crippen LogP contribution in [0, 0.1) is 12.8 Å². The molecule has 158 valence electrons. The van der Waals surface area contributed by atoms with E-state index in [1.165, 1.54) is 0 Å². The number of benzene rings is 1. The van der Waals surface area contributed by atoms with Crippen LogP contribution in [0.15, 0.2) is 18.2 Å². The van der Waals surface area contributed by atoms with E-state index in [4.69, 9.17) is 9.47 Å². The van der Waals surface area contributed by atoms with Gasteiger partial charge in [-0.25, -0.2) is 4.68 Å². The summed E-state index contributed by atoms with van der Waals surface area (Å²) in [5.74, 6) is 2.07. The second-order valence-corrected chi connectivity index (χ2v) is 7.39. The number of likely N-dealkylation sites (tertiary alicyclic amines) is 1. The van der Waals surface area contributed by atoms with Gasteiger partial charge in [-0.3, -0.25) is 4.79 Å². The Morgan fingerprint density at radius 2 is 1.93 bits per heavy atom. The van der Waals surface area contributed by atoms with Crippen LogP contribution in [0.3, 0.4) is 0 Å². The minimum atomic E-state index is -0.0339. The summed E-state index contributed by atoms with van der Waals surface area (Å²) < 4.78 is 12.9. The molecule has 8 nitrogen and oxygen atoms in total. The van der Waals surface area contributed by atoms with Gasteiger partial charge in [-0.05, 0) is 57.8 Å². The quantitative estimate of drug-likeness (QED) is 0.797. The standard InChI is InChI=1S/C20H27N5O3.ClH/c1-14-19(20(26)24-9-6-15(7-10-24)5-8-21-2)22-23-25(14)16-3-4-17-18(13-16)28-12-11-27-17;/h3-4,13,15,21H,5-12H2,1-2H3;1H. The number of nitrogens with zero attached hydrogens (tertiary/aromatic N) is 4. The van der Waals surface area contributed by atoms with E-state index in [2.05, 4.69) is 15.6 Å². The summed E-state index contributed by atoms with van der Waals surface area (Å²) >= 11 is 0. The van der Waals surface area contributed by atoms with Gasteiger partial charge in [-0.15, -0.1) is 17.5 Å². The van der Waals surface area contributed by atoms with Crippen LogP contribution >= 0.6 is 12.4 Å². The fraction of sp³-hybridized carbons (Fsp3) is 0.550. The van der Waals surface area contributed by atoms with E-state index in [1.54, 1.807) is 4.68 Å². The van der Waals surface area contributed by atoms with E-state index in [1.807, 2.05) is 37.1 Å². The van der Waals surface area contributed by atoms with Crippen LogP contribution in [-0.2, 0) is 0 Å². The van der Waals surface area contributed by atoms with E-state index < -0.39 is 0 Å². The molecule has 2 aliphatic heterocycles. The minimum absolute atomic E-state index is 0. The van der Waals surface area contributed by atoms with Crippen molar-refractivity contribution in [1.29, 1.82) is 0 Å². The molecule has 0 aliphatic carbocycles. The molecule has 0 unspecified atom stereocenters. The third-order valence-corrected chi connectivity index (χ3v) is 5.57. The van der Waals surface area contributed by atoms with Gasteiger partial charge in [0, 0.05) is 19.2 Å². The zero-order chi connectivity index (χ0) is 19.5. The number of ether oxygens (including phenoxy) is 2. The first-order valence-electron chi connectivity index (χ1n) is 9.93. The topological polar surface area (TPSA) is 81.5 Å². The predicted octanol–water partition coefficient (Wildman–Crippen LogP) is 2.23. The smallest absolute Gasteiger partial charge is 0.276 e. The van der Waals surface area contributed by atoms with Gasteiger partial charge in [0.15, 0.2) is 17.2 Å². The molecule has 1 aromatic carbocycles. The van der Waals surface area contributed by atoms with Gasteiger partial charge >= 0.3 is 0 Å². The number of halogens is 1. The lowest BCUT2D eigenvalue weighted by atomic mass is 9.93. The lowest BCUT2D eigenvalue weighted by Crippen LogP contribution is -2.39. The molecule has 1 aromatic heterocycles. The van der Waals surface area contributed by atoms with Crippen LogP contribution in [0.4, 0.5) is 0 Å². The van der Waals surface area contributed by atoms with Gasteiger partial charge in [0.05, 0.1) is 11.4 Å². The predicted molar refractivity (Wildman–Crippen MR) is 112 cm³/mol. The molecule has 2 aromatic rings. The third-order valence-electron chi connectivity index (χ3n) is 5.57. The number of amides is 1. The largest absolute Gasteiger partial charge is 0.486 e. The Morgan fingerprint density at radius 1 is 1.21 bits per heavy atom. The molecule has 9 heteroatoms. The molecular formula is C20H28ClN5O3. The highest BCUT2D eigenvalue weighted by molar-refractivity contribution is 5.93. The summed E-state index contributed by atoms with van der Waals surface area (Å²) in [5.41, 5.74) is 1.96. The number of fused-ring (bicyclic) bond motifs is 1. The molecule has 0 spiro atoms. The number of nitrogens with one attached hydrogen (secondary N) is 1. The zero-order valence-electron chi connectivity index (χ0n) is 16.9. The van der Waals surface area contributed by atoms with E-state index in [-0.39, 0.29) is 18.3 Å². The lowest BCUT2D eigenvalue weighted by Gasteiger charge is -2.31. The molecule has 2 aliphatic rings. The molecule has 29 heavy (non-hydrogen) atoms. The first-order chi connectivity index (χ1) is 13.7. The van der Waals surface area contributed by atoms with Crippen LogP contribution in [0.25, 0.3) is 5.69 Å². The maximum Gasteiger partial charge on any atom is 0.276 e. The summed E-state index contributed by atoms with van der Waals surface area (Å²) in [6.45, 7) is 5.55. The van der Waals surface area contributed by atoms with Crippen molar-refractivity contribution in [2.45, 2.75) is 26.2 Å². The van der Waals surface area contributed by atoms with Crippen LogP contribution in [0.5, 0.6) is 11.5 Å². The average Bonchev–Trinajstić information content (AvgIpc) is 3.13. The molecule has 1 N–H and O–H groups in total. The Kier molecular flexibility index (Phi) is 6.97. The van der Waals surface area contributed by atoms with Crippen molar-refractivity contribution in [2.75, 3.05) is 39.9 Å². The monoisotopic (exact) mass is 421 g/mol. The van der Waals surface area contributed by atoms with Crippen LogP contribution in [0.1, 0.15) is 35.4 Å². The van der Waals surface area contributed by atoms with E-state index >= 15 is 0 Å². The zero-order valence-corrected chi connectivity index (χ0v) is 17.7. The number of piperidine rings is 1. The molecule has 4 rings (SSSR count). The van der Waals surface area contributed by atoms with Crippen molar-refractivity contribution in [3.8, 4) is 17.2 Å².